The van der Waals surface area contributed by atoms with E-state index >= 15 is 0 Å². The van der Waals surface area contributed by atoms with Crippen LogP contribution in [0.1, 0.15) is 26.2 Å². The first-order chi connectivity index (χ1) is 9.62. The smallest absolute Gasteiger partial charge is 0.145 e. The molecule has 1 N–H and O–H groups in total. The number of rotatable bonds is 3. The predicted octanol–water partition coefficient (Wildman–Crippen LogP) is 2.80. The van der Waals surface area contributed by atoms with Crippen LogP contribution < -0.4 is 15.0 Å². The van der Waals surface area contributed by atoms with Gasteiger partial charge in [-0.2, -0.15) is 0 Å². The Kier molecular flexibility index (Phi) is 3.59. The Morgan fingerprint density at radius 1 is 1.40 bits per heavy atom. The lowest BCUT2D eigenvalue weighted by molar-refractivity contribution is 0.330. The predicted molar refractivity (Wildman–Crippen MR) is 78.9 cm³/mol. The number of nitrogens with one attached hydrogen (secondary N) is 1. The van der Waals surface area contributed by atoms with Crippen molar-refractivity contribution < 1.29 is 9.13 Å². The van der Waals surface area contributed by atoms with Gasteiger partial charge in [-0.1, -0.05) is 0 Å². The first kappa shape index (κ1) is 13.7. The molecule has 0 bridgehead atoms. The number of halogens is 1. The molecule has 1 saturated carbocycles. The van der Waals surface area contributed by atoms with E-state index < -0.39 is 0 Å². The van der Waals surface area contributed by atoms with Crippen molar-refractivity contribution in [1.29, 1.82) is 0 Å². The average molecular weight is 278 g/mol. The van der Waals surface area contributed by atoms with Crippen LogP contribution in [0.4, 0.5) is 10.1 Å². The standard InChI is InChI=1S/C16H23FN2O/c1-16(12-4-5-12)11-19(9-3-8-18-16)14-7-6-13(17)10-15(14)20-2/h6-7,10,12,18H,3-5,8-9,11H2,1-2H3. The Morgan fingerprint density at radius 2 is 2.20 bits per heavy atom. The molecule has 3 rings (SSSR count). The molecule has 1 unspecified atom stereocenters. The van der Waals surface area contributed by atoms with Crippen LogP contribution >= 0.6 is 0 Å². The number of methoxy groups -OCH3 is 1. The van der Waals surface area contributed by atoms with Crippen LogP contribution in [0.25, 0.3) is 0 Å². The third-order valence-electron chi connectivity index (χ3n) is 4.61. The minimum absolute atomic E-state index is 0.163. The molecule has 2 aliphatic rings. The van der Waals surface area contributed by atoms with E-state index in [0.717, 1.165) is 37.7 Å². The van der Waals surface area contributed by atoms with Gasteiger partial charge in [-0.3, -0.25) is 0 Å². The lowest BCUT2D eigenvalue weighted by Crippen LogP contribution is -2.51. The zero-order valence-corrected chi connectivity index (χ0v) is 12.3. The second-order valence-electron chi connectivity index (χ2n) is 6.21. The Labute approximate surface area is 120 Å². The number of anilines is 1. The summed E-state index contributed by atoms with van der Waals surface area (Å²) in [5.74, 6) is 1.16. The fraction of sp³-hybridized carbons (Fsp3) is 0.625. The molecule has 1 aromatic rings. The molecule has 1 aliphatic heterocycles. The molecule has 2 fully saturated rings. The van der Waals surface area contributed by atoms with E-state index in [2.05, 4.69) is 17.1 Å². The summed E-state index contributed by atoms with van der Waals surface area (Å²) < 4.78 is 18.7. The van der Waals surface area contributed by atoms with Crippen LogP contribution in [-0.4, -0.2) is 32.3 Å². The van der Waals surface area contributed by atoms with Crippen LogP contribution in [0.3, 0.4) is 0 Å². The molecule has 1 atom stereocenters. The fourth-order valence-electron chi connectivity index (χ4n) is 3.29. The maximum absolute atomic E-state index is 13.4. The summed E-state index contributed by atoms with van der Waals surface area (Å²) >= 11 is 0. The number of benzene rings is 1. The highest BCUT2D eigenvalue weighted by molar-refractivity contribution is 5.59. The number of nitrogens with zero attached hydrogens (tertiary/aromatic N) is 1. The van der Waals surface area contributed by atoms with Gasteiger partial charge in [0, 0.05) is 24.7 Å². The van der Waals surface area contributed by atoms with Crippen LogP contribution in [0.2, 0.25) is 0 Å². The highest BCUT2D eigenvalue weighted by atomic mass is 19.1. The van der Waals surface area contributed by atoms with E-state index in [0.29, 0.717) is 5.75 Å². The van der Waals surface area contributed by atoms with E-state index in [4.69, 9.17) is 4.74 Å². The van der Waals surface area contributed by atoms with Gasteiger partial charge in [0.05, 0.1) is 12.8 Å². The minimum Gasteiger partial charge on any atom is -0.494 e. The molecule has 110 valence electrons. The first-order valence-corrected chi connectivity index (χ1v) is 7.46. The van der Waals surface area contributed by atoms with Crippen LogP contribution in [0.15, 0.2) is 18.2 Å². The summed E-state index contributed by atoms with van der Waals surface area (Å²) in [4.78, 5) is 2.34. The lowest BCUT2D eigenvalue weighted by atomic mass is 9.95. The summed E-state index contributed by atoms with van der Waals surface area (Å²) in [7, 11) is 1.61. The van der Waals surface area contributed by atoms with Gasteiger partial charge >= 0.3 is 0 Å². The van der Waals surface area contributed by atoms with Crippen LogP contribution in [0.5, 0.6) is 5.75 Å². The summed E-state index contributed by atoms with van der Waals surface area (Å²) in [6, 6.07) is 4.83. The Bertz CT molecular complexity index is 489. The molecular weight excluding hydrogens is 255 g/mol. The first-order valence-electron chi connectivity index (χ1n) is 7.46. The molecule has 0 aromatic heterocycles. The van der Waals surface area contributed by atoms with Crippen molar-refractivity contribution in [3.05, 3.63) is 24.0 Å². The third kappa shape index (κ3) is 2.62. The normalized spacial score (nSPS) is 27.2. The molecule has 0 spiro atoms. The van der Waals surface area contributed by atoms with Gasteiger partial charge < -0.3 is 15.0 Å². The van der Waals surface area contributed by atoms with Crippen molar-refractivity contribution in [3.63, 3.8) is 0 Å². The summed E-state index contributed by atoms with van der Waals surface area (Å²) in [5, 5.41) is 3.71. The zero-order valence-electron chi connectivity index (χ0n) is 12.3. The maximum atomic E-state index is 13.4. The summed E-state index contributed by atoms with van der Waals surface area (Å²) in [6.45, 7) is 5.31. The van der Waals surface area contributed by atoms with Gasteiger partial charge in [-0.15, -0.1) is 0 Å². The second-order valence-corrected chi connectivity index (χ2v) is 6.21. The van der Waals surface area contributed by atoms with Gasteiger partial charge in [0.2, 0.25) is 0 Å². The minimum atomic E-state index is -0.247. The molecule has 3 nitrogen and oxygen atoms in total. The van der Waals surface area contributed by atoms with E-state index in [9.17, 15) is 4.39 Å². The van der Waals surface area contributed by atoms with Crippen molar-refractivity contribution >= 4 is 5.69 Å². The van der Waals surface area contributed by atoms with Gasteiger partial charge in [0.25, 0.3) is 0 Å². The van der Waals surface area contributed by atoms with Crippen LogP contribution in [0, 0.1) is 11.7 Å². The van der Waals surface area contributed by atoms with Gasteiger partial charge in [0.15, 0.2) is 0 Å². The van der Waals surface area contributed by atoms with Crippen molar-refractivity contribution in [2.45, 2.75) is 31.7 Å². The topological polar surface area (TPSA) is 24.5 Å². The summed E-state index contributed by atoms with van der Waals surface area (Å²) in [6.07, 6.45) is 3.73. The average Bonchev–Trinajstić information content (AvgIpc) is 3.26. The van der Waals surface area contributed by atoms with E-state index in [1.807, 2.05) is 6.07 Å². The number of hydrogen-bond donors (Lipinski definition) is 1. The van der Waals surface area contributed by atoms with E-state index in [-0.39, 0.29) is 11.4 Å². The molecule has 4 heteroatoms. The maximum Gasteiger partial charge on any atom is 0.145 e. The number of hydrogen-bond acceptors (Lipinski definition) is 3. The molecule has 1 aliphatic carbocycles. The molecule has 0 radical (unpaired) electrons. The third-order valence-corrected chi connectivity index (χ3v) is 4.61. The fourth-order valence-corrected chi connectivity index (χ4v) is 3.29. The lowest BCUT2D eigenvalue weighted by Gasteiger charge is -2.35. The van der Waals surface area contributed by atoms with Crippen molar-refractivity contribution in [2.75, 3.05) is 31.6 Å². The summed E-state index contributed by atoms with van der Waals surface area (Å²) in [5.41, 5.74) is 1.17. The largest absolute Gasteiger partial charge is 0.494 e. The van der Waals surface area contributed by atoms with Crippen LogP contribution in [-0.2, 0) is 0 Å². The number of ether oxygens (including phenoxy) is 1. The van der Waals surface area contributed by atoms with Crippen molar-refractivity contribution in [1.82, 2.24) is 5.32 Å². The van der Waals surface area contributed by atoms with Crippen molar-refractivity contribution in [2.24, 2.45) is 5.92 Å². The van der Waals surface area contributed by atoms with Gasteiger partial charge in [-0.05, 0) is 50.8 Å². The second kappa shape index (κ2) is 5.24. The molecule has 0 amide bonds. The molecule has 20 heavy (non-hydrogen) atoms. The molecule has 1 heterocycles. The monoisotopic (exact) mass is 278 g/mol. The molecule has 1 saturated heterocycles. The van der Waals surface area contributed by atoms with E-state index in [1.54, 1.807) is 7.11 Å². The van der Waals surface area contributed by atoms with Crippen molar-refractivity contribution in [3.8, 4) is 5.75 Å². The Hall–Kier alpha value is -1.29. The highest BCUT2D eigenvalue weighted by Crippen LogP contribution is 2.42. The Balaban J connectivity index is 1.88. The zero-order chi connectivity index (χ0) is 14.2. The van der Waals surface area contributed by atoms with Gasteiger partial charge in [-0.25, -0.2) is 4.39 Å². The highest BCUT2D eigenvalue weighted by Gasteiger charge is 2.43. The molecular formula is C16H23FN2O. The Morgan fingerprint density at radius 3 is 2.90 bits per heavy atom. The SMILES string of the molecule is COc1cc(F)ccc1N1CCCNC(C)(C2CC2)C1. The molecule has 1 aromatic carbocycles. The van der Waals surface area contributed by atoms with Gasteiger partial charge in [0.1, 0.15) is 11.6 Å². The van der Waals surface area contributed by atoms with E-state index in [1.165, 1.54) is 25.0 Å². The quantitative estimate of drug-likeness (QED) is 0.920.